The smallest absolute Gasteiger partial charge is 0.348 e. The Hall–Kier alpha value is -2.82. The molecule has 0 amide bonds. The molecule has 0 aromatic carbocycles. The van der Waals surface area contributed by atoms with Crippen LogP contribution < -0.4 is 16.0 Å². The Morgan fingerprint density at radius 3 is 2.81 bits per heavy atom. The molecule has 10 heteroatoms. The van der Waals surface area contributed by atoms with Gasteiger partial charge in [0.25, 0.3) is 0 Å². The fourth-order valence-electron chi connectivity index (χ4n) is 4.15. The number of piperidine rings is 1. The summed E-state index contributed by atoms with van der Waals surface area (Å²) in [6, 6.07) is 2.36. The number of aliphatic hydroxyl groups is 1. The third-order valence-electron chi connectivity index (χ3n) is 5.82. The molecule has 0 radical (unpaired) electrons. The highest BCUT2D eigenvalue weighted by atomic mass is 32.1. The molecule has 1 aliphatic heterocycles. The number of fused-ring (bicyclic) bond motifs is 1. The van der Waals surface area contributed by atoms with Gasteiger partial charge in [-0.2, -0.15) is 0 Å². The summed E-state index contributed by atoms with van der Waals surface area (Å²) in [5.41, 5.74) is 8.10. The third kappa shape index (κ3) is 4.67. The van der Waals surface area contributed by atoms with E-state index in [1.807, 2.05) is 0 Å². The van der Waals surface area contributed by atoms with Crippen LogP contribution in [0.25, 0.3) is 10.2 Å². The summed E-state index contributed by atoms with van der Waals surface area (Å²) < 4.78 is 0. The Balaban J connectivity index is 1.43. The van der Waals surface area contributed by atoms with E-state index in [4.69, 9.17) is 10.7 Å². The van der Waals surface area contributed by atoms with E-state index in [1.165, 1.54) is 0 Å². The maximum absolute atomic E-state index is 11.5. The van der Waals surface area contributed by atoms with Gasteiger partial charge in [0.2, 0.25) is 0 Å². The summed E-state index contributed by atoms with van der Waals surface area (Å²) in [6.45, 7) is 4.19. The van der Waals surface area contributed by atoms with Crippen molar-refractivity contribution in [2.45, 2.75) is 44.8 Å². The number of aromatic carboxylic acids is 1. The van der Waals surface area contributed by atoms with Gasteiger partial charge >= 0.3 is 5.97 Å². The molecule has 1 atom stereocenters. The molecule has 170 valence electrons. The first-order chi connectivity index (χ1) is 15.5. The average molecular weight is 457 g/mol. The van der Waals surface area contributed by atoms with Crippen LogP contribution in [-0.4, -0.2) is 56.8 Å². The molecule has 5 N–H and O–H groups in total. The summed E-state index contributed by atoms with van der Waals surface area (Å²) in [4.78, 5) is 27.5. The van der Waals surface area contributed by atoms with Gasteiger partial charge in [-0.15, -0.1) is 11.3 Å². The number of aryl methyl sites for hydroxylation is 1. The van der Waals surface area contributed by atoms with Crippen LogP contribution in [0.15, 0.2) is 24.7 Å². The van der Waals surface area contributed by atoms with Crippen molar-refractivity contribution in [2.75, 3.05) is 30.3 Å². The van der Waals surface area contributed by atoms with Crippen LogP contribution in [0.1, 0.15) is 53.2 Å². The second-order valence-electron chi connectivity index (χ2n) is 8.04. The first-order valence-electron chi connectivity index (χ1n) is 10.9. The fourth-order valence-corrected chi connectivity index (χ4v) is 5.13. The zero-order valence-corrected chi connectivity index (χ0v) is 18.8. The Morgan fingerprint density at radius 2 is 2.16 bits per heavy atom. The Morgan fingerprint density at radius 1 is 1.38 bits per heavy atom. The van der Waals surface area contributed by atoms with Crippen molar-refractivity contribution in [3.8, 4) is 0 Å². The molecule has 3 aromatic heterocycles. The van der Waals surface area contributed by atoms with Gasteiger partial charge in [-0.3, -0.25) is 9.97 Å². The number of thiophene rings is 1. The second-order valence-corrected chi connectivity index (χ2v) is 9.03. The van der Waals surface area contributed by atoms with E-state index in [9.17, 15) is 15.0 Å². The normalized spacial score (nSPS) is 15.9. The number of nitrogens with one attached hydrogen (secondary N) is 1. The number of aliphatic hydroxyl groups excluding tert-OH is 1. The monoisotopic (exact) mass is 456 g/mol. The predicted octanol–water partition coefficient (Wildman–Crippen LogP) is 2.61. The van der Waals surface area contributed by atoms with Crippen LogP contribution in [-0.2, 0) is 6.42 Å². The lowest BCUT2D eigenvalue weighted by Gasteiger charge is -2.34. The second kappa shape index (κ2) is 9.76. The van der Waals surface area contributed by atoms with E-state index in [-0.39, 0.29) is 4.88 Å². The lowest BCUT2D eigenvalue weighted by Crippen LogP contribution is -2.44. The quantitative estimate of drug-likeness (QED) is 0.403. The number of aromatic nitrogens is 3. The summed E-state index contributed by atoms with van der Waals surface area (Å²) >= 11 is 1.15. The number of carboxylic acids is 1. The highest BCUT2D eigenvalue weighted by Crippen LogP contribution is 2.37. The molecule has 4 rings (SSSR count). The molecule has 3 aromatic rings. The topological polar surface area (TPSA) is 137 Å². The van der Waals surface area contributed by atoms with E-state index in [0.717, 1.165) is 66.9 Å². The zero-order valence-electron chi connectivity index (χ0n) is 18.0. The van der Waals surface area contributed by atoms with Crippen molar-refractivity contribution in [1.29, 1.82) is 0 Å². The number of anilines is 2. The zero-order chi connectivity index (χ0) is 22.7. The Bertz CT molecular complexity index is 1080. The summed E-state index contributed by atoms with van der Waals surface area (Å²) in [7, 11) is 0. The van der Waals surface area contributed by atoms with E-state index in [2.05, 4.69) is 33.2 Å². The van der Waals surface area contributed by atoms with Crippen molar-refractivity contribution < 1.29 is 15.0 Å². The number of nitrogen functional groups attached to an aromatic ring is 1. The summed E-state index contributed by atoms with van der Waals surface area (Å²) in [5, 5.41) is 24.0. The van der Waals surface area contributed by atoms with Gasteiger partial charge in [-0.05, 0) is 30.9 Å². The molecule has 0 saturated carbocycles. The third-order valence-corrected chi connectivity index (χ3v) is 6.91. The van der Waals surface area contributed by atoms with Crippen molar-refractivity contribution in [1.82, 2.24) is 20.3 Å². The molecule has 9 nitrogen and oxygen atoms in total. The van der Waals surface area contributed by atoms with Crippen LogP contribution in [0.5, 0.6) is 0 Å². The first kappa shape index (κ1) is 22.4. The fraction of sp³-hybridized carbons (Fsp3) is 0.455. The molecule has 1 unspecified atom stereocenters. The number of rotatable bonds is 8. The standard InChI is InChI=1S/C22H28N6O3S/c1-2-3-13-10-17(27-21-18(13)19(23)20(32-21)22(30)31)28-8-4-14(5-9-28)26-12-16(29)15-11-24-6-7-25-15/h6-7,10-11,14,16,26,29H,2-5,8-9,12,23H2,1H3,(H,30,31). The number of hydrogen-bond donors (Lipinski definition) is 4. The van der Waals surface area contributed by atoms with Gasteiger partial charge < -0.3 is 26.2 Å². The minimum Gasteiger partial charge on any atom is -0.477 e. The maximum atomic E-state index is 11.5. The number of hydrogen-bond acceptors (Lipinski definition) is 9. The summed E-state index contributed by atoms with van der Waals surface area (Å²) in [6.07, 6.45) is 7.66. The van der Waals surface area contributed by atoms with Gasteiger partial charge in [0.05, 0.1) is 17.6 Å². The molecular formula is C22H28N6O3S. The van der Waals surface area contributed by atoms with Crippen LogP contribution >= 0.6 is 11.3 Å². The predicted molar refractivity (Wildman–Crippen MR) is 125 cm³/mol. The van der Waals surface area contributed by atoms with E-state index in [1.54, 1.807) is 18.6 Å². The van der Waals surface area contributed by atoms with E-state index in [0.29, 0.717) is 28.8 Å². The molecule has 1 aliphatic rings. The van der Waals surface area contributed by atoms with Gasteiger partial charge in [0.15, 0.2) is 0 Å². The first-order valence-corrected chi connectivity index (χ1v) is 11.7. The molecule has 0 bridgehead atoms. The largest absolute Gasteiger partial charge is 0.477 e. The maximum Gasteiger partial charge on any atom is 0.348 e. The van der Waals surface area contributed by atoms with Gasteiger partial charge in [-0.1, -0.05) is 13.3 Å². The number of nitrogens with zero attached hydrogens (tertiary/aromatic N) is 4. The van der Waals surface area contributed by atoms with Crippen LogP contribution in [0, 0.1) is 0 Å². The number of carbonyl (C=O) groups is 1. The number of pyridine rings is 1. The lowest BCUT2D eigenvalue weighted by atomic mass is 10.0. The van der Waals surface area contributed by atoms with Gasteiger partial charge in [0.1, 0.15) is 21.6 Å². The van der Waals surface area contributed by atoms with Gasteiger partial charge in [-0.25, -0.2) is 9.78 Å². The Labute approximate surface area is 190 Å². The van der Waals surface area contributed by atoms with Crippen LogP contribution in [0.4, 0.5) is 11.5 Å². The number of nitrogens with two attached hydrogens (primary N) is 1. The van der Waals surface area contributed by atoms with E-state index >= 15 is 0 Å². The van der Waals surface area contributed by atoms with E-state index < -0.39 is 12.1 Å². The van der Waals surface area contributed by atoms with Crippen molar-refractivity contribution in [2.24, 2.45) is 0 Å². The lowest BCUT2D eigenvalue weighted by molar-refractivity contribution is 0.0703. The summed E-state index contributed by atoms with van der Waals surface area (Å²) in [5.74, 6) is -0.137. The molecule has 1 saturated heterocycles. The highest BCUT2D eigenvalue weighted by Gasteiger charge is 2.24. The number of carboxylic acid groups (broad SMARTS) is 1. The molecule has 0 aliphatic carbocycles. The Kier molecular flexibility index (Phi) is 6.83. The molecule has 0 spiro atoms. The molecule has 4 heterocycles. The van der Waals surface area contributed by atoms with Crippen molar-refractivity contribution in [3.05, 3.63) is 40.8 Å². The molecular weight excluding hydrogens is 428 g/mol. The van der Waals surface area contributed by atoms with Crippen molar-refractivity contribution >= 4 is 39.0 Å². The van der Waals surface area contributed by atoms with Crippen LogP contribution in [0.2, 0.25) is 0 Å². The average Bonchev–Trinajstić information content (AvgIpc) is 3.15. The highest BCUT2D eigenvalue weighted by molar-refractivity contribution is 7.21. The van der Waals surface area contributed by atoms with Crippen molar-refractivity contribution in [3.63, 3.8) is 0 Å². The van der Waals surface area contributed by atoms with Gasteiger partial charge in [0, 0.05) is 43.5 Å². The van der Waals surface area contributed by atoms with Crippen LogP contribution in [0.3, 0.4) is 0 Å². The minimum absolute atomic E-state index is 0.159. The SMILES string of the molecule is CCCc1cc(N2CCC(NCC(O)c3cnccn3)CC2)nc2sc(C(=O)O)c(N)c12. The minimum atomic E-state index is -1.01. The molecule has 1 fully saturated rings. The molecule has 32 heavy (non-hydrogen) atoms.